The van der Waals surface area contributed by atoms with Crippen LogP contribution in [0.2, 0.25) is 5.02 Å². The molecule has 0 saturated carbocycles. The molecule has 1 heterocycles. The van der Waals surface area contributed by atoms with Gasteiger partial charge in [-0.15, -0.1) is 0 Å². The fourth-order valence-electron chi connectivity index (χ4n) is 2.59. The zero-order chi connectivity index (χ0) is 15.2. The molecule has 0 unspecified atom stereocenters. The molecule has 1 saturated heterocycles. The van der Waals surface area contributed by atoms with Gasteiger partial charge in [0.25, 0.3) is 0 Å². The van der Waals surface area contributed by atoms with E-state index in [1.165, 1.54) is 0 Å². The van der Waals surface area contributed by atoms with Gasteiger partial charge in [-0.05, 0) is 32.0 Å². The van der Waals surface area contributed by atoms with Crippen LogP contribution in [-0.2, 0) is 0 Å². The van der Waals surface area contributed by atoms with E-state index in [1.54, 1.807) is 0 Å². The third kappa shape index (κ3) is 4.27. The lowest BCUT2D eigenvalue weighted by Gasteiger charge is -2.35. The van der Waals surface area contributed by atoms with Gasteiger partial charge in [-0.2, -0.15) is 0 Å². The molecule has 0 spiro atoms. The van der Waals surface area contributed by atoms with Gasteiger partial charge in [-0.25, -0.2) is 4.79 Å². The molecule has 0 N–H and O–H groups in total. The van der Waals surface area contributed by atoms with E-state index in [4.69, 9.17) is 16.3 Å². The summed E-state index contributed by atoms with van der Waals surface area (Å²) in [6.45, 7) is 7.04. The molecular weight excluding hydrogens is 288 g/mol. The molecule has 2 amide bonds. The number of rotatable bonds is 4. The Morgan fingerprint density at radius 3 is 2.57 bits per heavy atom. The molecule has 0 bridgehead atoms. The van der Waals surface area contributed by atoms with Gasteiger partial charge >= 0.3 is 6.03 Å². The molecule has 1 aromatic carbocycles. The van der Waals surface area contributed by atoms with Gasteiger partial charge in [0.2, 0.25) is 0 Å². The minimum absolute atomic E-state index is 0.140. The van der Waals surface area contributed by atoms with Gasteiger partial charge < -0.3 is 14.5 Å². The number of hydrogen-bond acceptors (Lipinski definition) is 2. The summed E-state index contributed by atoms with van der Waals surface area (Å²) in [5, 5.41) is 0.682. The summed E-state index contributed by atoms with van der Waals surface area (Å²) in [5.41, 5.74) is 0. The molecule has 116 valence electrons. The number of carbonyl (C=O) groups is 1. The molecule has 5 heteroatoms. The van der Waals surface area contributed by atoms with E-state index in [0.29, 0.717) is 5.02 Å². The standard InChI is InChI=1S/C16H23ClN2O2/c1-3-18(4-2)16(20)19-10-8-14(9-11-19)21-15-7-5-6-13(17)12-15/h5-7,12,14H,3-4,8-11H2,1-2H3. The monoisotopic (exact) mass is 310 g/mol. The van der Waals surface area contributed by atoms with E-state index in [9.17, 15) is 4.79 Å². The Labute approximate surface area is 131 Å². The number of piperidine rings is 1. The second-order valence-electron chi connectivity index (χ2n) is 5.22. The maximum Gasteiger partial charge on any atom is 0.319 e. The van der Waals surface area contributed by atoms with Crippen molar-refractivity contribution in [3.63, 3.8) is 0 Å². The second kappa shape index (κ2) is 7.55. The van der Waals surface area contributed by atoms with Crippen molar-refractivity contribution in [2.75, 3.05) is 26.2 Å². The SMILES string of the molecule is CCN(CC)C(=O)N1CCC(Oc2cccc(Cl)c2)CC1. The summed E-state index contributed by atoms with van der Waals surface area (Å²) in [6.07, 6.45) is 1.88. The third-order valence-corrected chi connectivity index (χ3v) is 4.08. The number of urea groups is 1. The number of amides is 2. The Kier molecular flexibility index (Phi) is 5.74. The maximum atomic E-state index is 12.3. The molecule has 0 atom stereocenters. The predicted molar refractivity (Wildman–Crippen MR) is 85.0 cm³/mol. The summed E-state index contributed by atoms with van der Waals surface area (Å²) in [4.78, 5) is 16.0. The summed E-state index contributed by atoms with van der Waals surface area (Å²) < 4.78 is 5.94. The quantitative estimate of drug-likeness (QED) is 0.850. The van der Waals surface area contributed by atoms with Crippen LogP contribution >= 0.6 is 11.6 Å². The van der Waals surface area contributed by atoms with E-state index in [-0.39, 0.29) is 12.1 Å². The second-order valence-corrected chi connectivity index (χ2v) is 5.65. The molecular formula is C16H23ClN2O2. The molecule has 1 aromatic rings. The van der Waals surface area contributed by atoms with Crippen molar-refractivity contribution in [3.8, 4) is 5.75 Å². The van der Waals surface area contributed by atoms with Crippen LogP contribution in [0, 0.1) is 0 Å². The number of carbonyl (C=O) groups excluding carboxylic acids is 1. The van der Waals surface area contributed by atoms with Gasteiger partial charge in [0.1, 0.15) is 11.9 Å². The van der Waals surface area contributed by atoms with Crippen molar-refractivity contribution in [2.24, 2.45) is 0 Å². The smallest absolute Gasteiger partial charge is 0.319 e. The van der Waals surface area contributed by atoms with E-state index >= 15 is 0 Å². The molecule has 0 aliphatic carbocycles. The first kappa shape index (κ1) is 16.0. The largest absolute Gasteiger partial charge is 0.490 e. The van der Waals surface area contributed by atoms with Crippen LogP contribution in [-0.4, -0.2) is 48.1 Å². The Bertz CT molecular complexity index is 469. The zero-order valence-electron chi connectivity index (χ0n) is 12.7. The van der Waals surface area contributed by atoms with Crippen LogP contribution in [0.25, 0.3) is 0 Å². The maximum absolute atomic E-state index is 12.3. The zero-order valence-corrected chi connectivity index (χ0v) is 13.5. The van der Waals surface area contributed by atoms with Crippen LogP contribution < -0.4 is 4.74 Å². The average molecular weight is 311 g/mol. The number of hydrogen-bond donors (Lipinski definition) is 0. The summed E-state index contributed by atoms with van der Waals surface area (Å²) in [6, 6.07) is 7.60. The fraction of sp³-hybridized carbons (Fsp3) is 0.562. The highest BCUT2D eigenvalue weighted by Gasteiger charge is 2.26. The minimum Gasteiger partial charge on any atom is -0.490 e. The van der Waals surface area contributed by atoms with Gasteiger partial charge in [0.15, 0.2) is 0 Å². The Morgan fingerprint density at radius 2 is 2.00 bits per heavy atom. The van der Waals surface area contributed by atoms with Crippen molar-refractivity contribution >= 4 is 17.6 Å². The van der Waals surface area contributed by atoms with E-state index in [1.807, 2.05) is 47.9 Å². The van der Waals surface area contributed by atoms with Crippen LogP contribution in [0.1, 0.15) is 26.7 Å². The highest BCUT2D eigenvalue weighted by Crippen LogP contribution is 2.22. The molecule has 21 heavy (non-hydrogen) atoms. The minimum atomic E-state index is 0.140. The summed E-state index contributed by atoms with van der Waals surface area (Å²) in [5.74, 6) is 0.802. The summed E-state index contributed by atoms with van der Waals surface area (Å²) >= 11 is 5.96. The Morgan fingerprint density at radius 1 is 1.33 bits per heavy atom. The first-order chi connectivity index (χ1) is 10.1. The van der Waals surface area contributed by atoms with Crippen molar-refractivity contribution < 1.29 is 9.53 Å². The van der Waals surface area contributed by atoms with Crippen LogP contribution in [0.3, 0.4) is 0 Å². The van der Waals surface area contributed by atoms with E-state index in [2.05, 4.69) is 0 Å². The highest BCUT2D eigenvalue weighted by molar-refractivity contribution is 6.30. The number of ether oxygens (including phenoxy) is 1. The van der Waals surface area contributed by atoms with Crippen LogP contribution in [0.15, 0.2) is 24.3 Å². The number of halogens is 1. The van der Waals surface area contributed by atoms with Crippen LogP contribution in [0.4, 0.5) is 4.79 Å². The number of nitrogens with zero attached hydrogens (tertiary/aromatic N) is 2. The van der Waals surface area contributed by atoms with E-state index < -0.39 is 0 Å². The highest BCUT2D eigenvalue weighted by atomic mass is 35.5. The summed E-state index contributed by atoms with van der Waals surface area (Å²) in [7, 11) is 0. The topological polar surface area (TPSA) is 32.8 Å². The Hall–Kier alpha value is -1.42. The normalized spacial score (nSPS) is 15.9. The van der Waals surface area contributed by atoms with Gasteiger partial charge in [0.05, 0.1) is 0 Å². The first-order valence-corrected chi connectivity index (χ1v) is 7.98. The van der Waals surface area contributed by atoms with Gasteiger partial charge in [-0.1, -0.05) is 17.7 Å². The van der Waals surface area contributed by atoms with Crippen molar-refractivity contribution in [1.29, 1.82) is 0 Å². The lowest BCUT2D eigenvalue weighted by atomic mass is 10.1. The Balaban J connectivity index is 1.84. The lowest BCUT2D eigenvalue weighted by molar-refractivity contribution is 0.0963. The van der Waals surface area contributed by atoms with Crippen molar-refractivity contribution in [2.45, 2.75) is 32.8 Å². The molecule has 4 nitrogen and oxygen atoms in total. The number of likely N-dealkylation sites (tertiary alicyclic amines) is 1. The molecule has 1 aliphatic rings. The third-order valence-electron chi connectivity index (χ3n) is 3.85. The van der Waals surface area contributed by atoms with E-state index in [0.717, 1.165) is 44.8 Å². The molecule has 2 rings (SSSR count). The predicted octanol–water partition coefficient (Wildman–Crippen LogP) is 3.65. The molecule has 1 fully saturated rings. The first-order valence-electron chi connectivity index (χ1n) is 7.60. The molecule has 1 aliphatic heterocycles. The van der Waals surface area contributed by atoms with Gasteiger partial charge in [0, 0.05) is 44.0 Å². The fourth-order valence-corrected chi connectivity index (χ4v) is 2.77. The van der Waals surface area contributed by atoms with Gasteiger partial charge in [-0.3, -0.25) is 0 Å². The lowest BCUT2D eigenvalue weighted by Crippen LogP contribution is -2.48. The van der Waals surface area contributed by atoms with Crippen molar-refractivity contribution in [3.05, 3.63) is 29.3 Å². The van der Waals surface area contributed by atoms with Crippen molar-refractivity contribution in [1.82, 2.24) is 9.80 Å². The molecule has 0 radical (unpaired) electrons. The number of benzene rings is 1. The molecule has 0 aromatic heterocycles. The average Bonchev–Trinajstić information content (AvgIpc) is 2.49. The van der Waals surface area contributed by atoms with Crippen LogP contribution in [0.5, 0.6) is 5.75 Å².